The molecule has 0 N–H and O–H groups in total. The molecule has 0 atom stereocenters. The third-order valence-corrected chi connectivity index (χ3v) is 3.35. The molecule has 1 nitrogen and oxygen atoms in total. The Morgan fingerprint density at radius 1 is 0.824 bits per heavy atom. The second-order valence-corrected chi connectivity index (χ2v) is 4.55. The largest absolute Gasteiger partial charge is 0.298 e. The highest BCUT2D eigenvalue weighted by Gasteiger charge is 1.97. The Kier molecular flexibility index (Phi) is 4.10. The van der Waals surface area contributed by atoms with Crippen LogP contribution in [0.2, 0.25) is 0 Å². The number of hydrogen-bond donors (Lipinski definition) is 0. The highest BCUT2D eigenvalue weighted by molar-refractivity contribution is 9.08. The predicted octanol–water partition coefficient (Wildman–Crippen LogP) is 3.98. The molecular weight excluding hydrogens is 276 g/mol. The van der Waals surface area contributed by atoms with Crippen LogP contribution in [0, 0.1) is 0 Å². The first-order valence-corrected chi connectivity index (χ1v) is 6.62. The van der Waals surface area contributed by atoms with Gasteiger partial charge in [-0.2, -0.15) is 0 Å². The quantitative estimate of drug-likeness (QED) is 0.614. The molecule has 0 aliphatic heterocycles. The summed E-state index contributed by atoms with van der Waals surface area (Å²) in [5.74, 6) is 0. The maximum Gasteiger partial charge on any atom is 0.150 e. The van der Waals surface area contributed by atoms with Gasteiger partial charge in [-0.15, -0.1) is 0 Å². The normalized spacial score (nSPS) is 10.2. The third kappa shape index (κ3) is 3.27. The van der Waals surface area contributed by atoms with E-state index in [1.165, 1.54) is 16.7 Å². The zero-order chi connectivity index (χ0) is 12.1. The van der Waals surface area contributed by atoms with Gasteiger partial charge in [0.15, 0.2) is 0 Å². The van der Waals surface area contributed by atoms with Crippen molar-refractivity contribution < 1.29 is 4.79 Å². The van der Waals surface area contributed by atoms with Crippen molar-refractivity contribution >= 4 is 22.2 Å². The van der Waals surface area contributed by atoms with E-state index in [9.17, 15) is 4.79 Å². The summed E-state index contributed by atoms with van der Waals surface area (Å²) in [4.78, 5) is 10.5. The first-order chi connectivity index (χ1) is 8.31. The standard InChI is InChI=1S/C15H13BrO/c16-10-14-5-1-12(2-6-14)9-13-3-7-15(11-17)8-4-13/h1-8,11H,9-10H2. The van der Waals surface area contributed by atoms with E-state index in [1.54, 1.807) is 0 Å². The number of benzene rings is 2. The predicted molar refractivity (Wildman–Crippen MR) is 73.7 cm³/mol. The monoisotopic (exact) mass is 288 g/mol. The number of rotatable bonds is 4. The summed E-state index contributed by atoms with van der Waals surface area (Å²) < 4.78 is 0. The van der Waals surface area contributed by atoms with Gasteiger partial charge in [0, 0.05) is 10.9 Å². The van der Waals surface area contributed by atoms with Gasteiger partial charge >= 0.3 is 0 Å². The number of halogens is 1. The summed E-state index contributed by atoms with van der Waals surface area (Å²) in [6.07, 6.45) is 1.77. The van der Waals surface area contributed by atoms with Crippen LogP contribution in [-0.2, 0) is 11.8 Å². The maximum absolute atomic E-state index is 10.5. The van der Waals surface area contributed by atoms with Gasteiger partial charge < -0.3 is 0 Å². The first kappa shape index (κ1) is 12.1. The first-order valence-electron chi connectivity index (χ1n) is 5.50. The minimum absolute atomic E-state index is 0.725. The van der Waals surface area contributed by atoms with Gasteiger partial charge in [0.2, 0.25) is 0 Å². The van der Waals surface area contributed by atoms with E-state index >= 15 is 0 Å². The van der Waals surface area contributed by atoms with Gasteiger partial charge in [0.1, 0.15) is 6.29 Å². The molecule has 0 bridgehead atoms. The van der Waals surface area contributed by atoms with E-state index in [1.807, 2.05) is 24.3 Å². The minimum atomic E-state index is 0.725. The Labute approximate surface area is 110 Å². The molecule has 0 aromatic heterocycles. The van der Waals surface area contributed by atoms with Crippen molar-refractivity contribution in [1.29, 1.82) is 0 Å². The number of hydrogen-bond acceptors (Lipinski definition) is 1. The van der Waals surface area contributed by atoms with E-state index in [2.05, 4.69) is 40.2 Å². The fraction of sp³-hybridized carbons (Fsp3) is 0.133. The topological polar surface area (TPSA) is 17.1 Å². The number of aldehydes is 1. The molecule has 0 radical (unpaired) electrons. The lowest BCUT2D eigenvalue weighted by molar-refractivity contribution is 0.112. The molecule has 0 heterocycles. The SMILES string of the molecule is O=Cc1ccc(Cc2ccc(CBr)cc2)cc1. The van der Waals surface area contributed by atoms with Crippen molar-refractivity contribution in [2.24, 2.45) is 0 Å². The van der Waals surface area contributed by atoms with E-state index in [-0.39, 0.29) is 0 Å². The van der Waals surface area contributed by atoms with Gasteiger partial charge in [-0.1, -0.05) is 64.5 Å². The second kappa shape index (κ2) is 5.78. The number of alkyl halides is 1. The van der Waals surface area contributed by atoms with Crippen LogP contribution in [0.5, 0.6) is 0 Å². The van der Waals surface area contributed by atoms with Crippen LogP contribution in [0.3, 0.4) is 0 Å². The van der Waals surface area contributed by atoms with Gasteiger partial charge in [-0.3, -0.25) is 4.79 Å². The molecule has 2 rings (SSSR count). The average molecular weight is 289 g/mol. The van der Waals surface area contributed by atoms with Crippen LogP contribution < -0.4 is 0 Å². The average Bonchev–Trinajstić information content (AvgIpc) is 2.40. The molecular formula is C15H13BrO. The Morgan fingerprint density at radius 3 is 1.76 bits per heavy atom. The van der Waals surface area contributed by atoms with Crippen molar-refractivity contribution in [2.75, 3.05) is 0 Å². The van der Waals surface area contributed by atoms with Crippen LogP contribution in [0.15, 0.2) is 48.5 Å². The molecule has 0 aliphatic carbocycles. The van der Waals surface area contributed by atoms with Crippen LogP contribution in [0.1, 0.15) is 27.0 Å². The summed E-state index contributed by atoms with van der Waals surface area (Å²) in [5, 5.41) is 0.890. The summed E-state index contributed by atoms with van der Waals surface area (Å²) in [5.41, 5.74) is 4.52. The molecule has 2 aromatic carbocycles. The van der Waals surface area contributed by atoms with Gasteiger partial charge in [0.05, 0.1) is 0 Å². The summed E-state index contributed by atoms with van der Waals surface area (Å²) in [6, 6.07) is 16.3. The highest BCUT2D eigenvalue weighted by Crippen LogP contribution is 2.13. The molecule has 2 heteroatoms. The van der Waals surface area contributed by atoms with E-state index in [4.69, 9.17) is 0 Å². The van der Waals surface area contributed by atoms with Crippen molar-refractivity contribution in [3.05, 3.63) is 70.8 Å². The lowest BCUT2D eigenvalue weighted by atomic mass is 10.0. The number of carbonyl (C=O) groups excluding carboxylic acids is 1. The maximum atomic E-state index is 10.5. The molecule has 0 amide bonds. The Hall–Kier alpha value is -1.41. The van der Waals surface area contributed by atoms with E-state index in [0.717, 1.165) is 23.6 Å². The van der Waals surface area contributed by atoms with Crippen molar-refractivity contribution in [2.45, 2.75) is 11.8 Å². The molecule has 0 spiro atoms. The Balaban J connectivity index is 2.10. The lowest BCUT2D eigenvalue weighted by Gasteiger charge is -2.03. The summed E-state index contributed by atoms with van der Waals surface area (Å²) in [6.45, 7) is 0. The third-order valence-electron chi connectivity index (χ3n) is 2.70. The smallest absolute Gasteiger partial charge is 0.150 e. The fourth-order valence-corrected chi connectivity index (χ4v) is 2.07. The van der Waals surface area contributed by atoms with Crippen molar-refractivity contribution in [3.63, 3.8) is 0 Å². The van der Waals surface area contributed by atoms with Gasteiger partial charge in [-0.25, -0.2) is 0 Å². The van der Waals surface area contributed by atoms with E-state index < -0.39 is 0 Å². The molecule has 0 fully saturated rings. The summed E-state index contributed by atoms with van der Waals surface area (Å²) >= 11 is 3.43. The van der Waals surface area contributed by atoms with E-state index in [0.29, 0.717) is 0 Å². The zero-order valence-corrected chi connectivity index (χ0v) is 11.0. The zero-order valence-electron chi connectivity index (χ0n) is 9.40. The van der Waals surface area contributed by atoms with Gasteiger partial charge in [0.25, 0.3) is 0 Å². The highest BCUT2D eigenvalue weighted by atomic mass is 79.9. The molecule has 0 saturated carbocycles. The summed E-state index contributed by atoms with van der Waals surface area (Å²) in [7, 11) is 0. The molecule has 0 aliphatic rings. The van der Waals surface area contributed by atoms with Crippen LogP contribution in [-0.4, -0.2) is 6.29 Å². The van der Waals surface area contributed by atoms with Crippen LogP contribution in [0.25, 0.3) is 0 Å². The lowest BCUT2D eigenvalue weighted by Crippen LogP contribution is -1.89. The van der Waals surface area contributed by atoms with Gasteiger partial charge in [-0.05, 0) is 23.1 Å². The Morgan fingerprint density at radius 2 is 1.29 bits per heavy atom. The van der Waals surface area contributed by atoms with Crippen LogP contribution in [0.4, 0.5) is 0 Å². The molecule has 17 heavy (non-hydrogen) atoms. The molecule has 86 valence electrons. The second-order valence-electron chi connectivity index (χ2n) is 3.99. The molecule has 0 unspecified atom stereocenters. The fourth-order valence-electron chi connectivity index (χ4n) is 1.70. The molecule has 0 saturated heterocycles. The number of carbonyl (C=O) groups is 1. The Bertz CT molecular complexity index is 485. The van der Waals surface area contributed by atoms with Crippen molar-refractivity contribution in [1.82, 2.24) is 0 Å². The van der Waals surface area contributed by atoms with Crippen LogP contribution >= 0.6 is 15.9 Å². The van der Waals surface area contributed by atoms with Crippen molar-refractivity contribution in [3.8, 4) is 0 Å². The minimum Gasteiger partial charge on any atom is -0.298 e. The molecule has 2 aromatic rings.